The standard InChI is InChI=1S/C16H22N2OS/c1-17-9-7-13(8-10-17)18(2)16(19)15-11-12-5-3-4-6-14(12)20-15/h3-6,13,15H,7-11H2,1-2H3. The minimum atomic E-state index is 0.0806. The van der Waals surface area contributed by atoms with Crippen LogP contribution in [0.3, 0.4) is 0 Å². The second-order valence-corrected chi connectivity index (χ2v) is 7.15. The second-order valence-electron chi connectivity index (χ2n) is 5.90. The van der Waals surface area contributed by atoms with Gasteiger partial charge in [0.25, 0.3) is 0 Å². The fraction of sp³-hybridized carbons (Fsp3) is 0.562. The first-order valence-electron chi connectivity index (χ1n) is 7.35. The number of rotatable bonds is 2. The number of carbonyl (C=O) groups is 1. The molecule has 0 bridgehead atoms. The summed E-state index contributed by atoms with van der Waals surface area (Å²) in [6.45, 7) is 2.20. The van der Waals surface area contributed by atoms with Crippen molar-refractivity contribution in [2.75, 3.05) is 27.2 Å². The molecule has 1 fully saturated rings. The number of hydrogen-bond acceptors (Lipinski definition) is 3. The van der Waals surface area contributed by atoms with Crippen LogP contribution in [-0.4, -0.2) is 54.2 Å². The van der Waals surface area contributed by atoms with Crippen LogP contribution in [0.5, 0.6) is 0 Å². The van der Waals surface area contributed by atoms with Crippen LogP contribution in [0.4, 0.5) is 0 Å². The molecule has 108 valence electrons. The molecule has 2 heterocycles. The van der Waals surface area contributed by atoms with Crippen molar-refractivity contribution in [3.05, 3.63) is 29.8 Å². The topological polar surface area (TPSA) is 23.6 Å². The number of thioether (sulfide) groups is 1. The van der Waals surface area contributed by atoms with Gasteiger partial charge in [-0.3, -0.25) is 4.79 Å². The van der Waals surface area contributed by atoms with E-state index in [0.29, 0.717) is 11.9 Å². The Morgan fingerprint density at radius 2 is 2.00 bits per heavy atom. The van der Waals surface area contributed by atoms with Gasteiger partial charge in [0.15, 0.2) is 0 Å². The number of carbonyl (C=O) groups excluding carboxylic acids is 1. The van der Waals surface area contributed by atoms with Gasteiger partial charge < -0.3 is 9.80 Å². The molecule has 0 radical (unpaired) electrons. The van der Waals surface area contributed by atoms with Gasteiger partial charge in [-0.05, 0) is 51.0 Å². The lowest BCUT2D eigenvalue weighted by Gasteiger charge is -2.36. The first-order valence-corrected chi connectivity index (χ1v) is 8.23. The molecule has 0 N–H and O–H groups in total. The predicted octanol–water partition coefficient (Wildman–Crippen LogP) is 2.26. The van der Waals surface area contributed by atoms with Crippen LogP contribution in [-0.2, 0) is 11.2 Å². The zero-order valence-corrected chi connectivity index (χ0v) is 13.0. The van der Waals surface area contributed by atoms with Gasteiger partial charge in [0.1, 0.15) is 0 Å². The fourth-order valence-corrected chi connectivity index (χ4v) is 4.41. The second kappa shape index (κ2) is 5.78. The maximum Gasteiger partial charge on any atom is 0.236 e. The molecule has 1 saturated heterocycles. The number of fused-ring (bicyclic) bond motifs is 1. The average Bonchev–Trinajstić information content (AvgIpc) is 2.90. The molecule has 1 atom stereocenters. The summed E-state index contributed by atoms with van der Waals surface area (Å²) in [6.07, 6.45) is 3.09. The zero-order chi connectivity index (χ0) is 14.1. The maximum absolute atomic E-state index is 12.7. The van der Waals surface area contributed by atoms with Crippen LogP contribution in [0.1, 0.15) is 18.4 Å². The van der Waals surface area contributed by atoms with Gasteiger partial charge in [-0.15, -0.1) is 11.8 Å². The Bertz CT molecular complexity index is 472. The van der Waals surface area contributed by atoms with Crippen molar-refractivity contribution in [2.24, 2.45) is 0 Å². The van der Waals surface area contributed by atoms with E-state index in [0.717, 1.165) is 32.4 Å². The molecular formula is C16H22N2OS. The van der Waals surface area contributed by atoms with E-state index in [2.05, 4.69) is 36.2 Å². The third kappa shape index (κ3) is 2.72. The summed E-state index contributed by atoms with van der Waals surface area (Å²) in [4.78, 5) is 18.3. The molecule has 2 aliphatic rings. The first kappa shape index (κ1) is 14.0. The third-order valence-corrected chi connectivity index (χ3v) is 5.81. The van der Waals surface area contributed by atoms with Gasteiger partial charge in [0, 0.05) is 18.0 Å². The fourth-order valence-electron chi connectivity index (χ4n) is 3.11. The lowest BCUT2D eigenvalue weighted by atomic mass is 10.0. The van der Waals surface area contributed by atoms with Crippen molar-refractivity contribution in [1.82, 2.24) is 9.80 Å². The van der Waals surface area contributed by atoms with Gasteiger partial charge in [0.2, 0.25) is 5.91 Å². The van der Waals surface area contributed by atoms with Crippen molar-refractivity contribution < 1.29 is 4.79 Å². The van der Waals surface area contributed by atoms with Crippen LogP contribution < -0.4 is 0 Å². The van der Waals surface area contributed by atoms with E-state index in [9.17, 15) is 4.79 Å². The van der Waals surface area contributed by atoms with Crippen LogP contribution in [0.2, 0.25) is 0 Å². The van der Waals surface area contributed by atoms with Gasteiger partial charge in [-0.2, -0.15) is 0 Å². The molecule has 3 rings (SSSR count). The molecule has 0 aliphatic carbocycles. The lowest BCUT2D eigenvalue weighted by molar-refractivity contribution is -0.132. The molecule has 2 aliphatic heterocycles. The van der Waals surface area contributed by atoms with Crippen LogP contribution >= 0.6 is 11.8 Å². The molecule has 1 aromatic carbocycles. The normalized spacial score (nSPS) is 23.6. The van der Waals surface area contributed by atoms with Crippen molar-refractivity contribution in [3.8, 4) is 0 Å². The number of piperidine rings is 1. The van der Waals surface area contributed by atoms with Crippen molar-refractivity contribution in [3.63, 3.8) is 0 Å². The minimum absolute atomic E-state index is 0.0806. The summed E-state index contributed by atoms with van der Waals surface area (Å²) in [5, 5.41) is 0.0806. The van der Waals surface area contributed by atoms with Crippen LogP contribution in [0, 0.1) is 0 Å². The summed E-state index contributed by atoms with van der Waals surface area (Å²) >= 11 is 1.74. The summed E-state index contributed by atoms with van der Waals surface area (Å²) in [7, 11) is 4.14. The summed E-state index contributed by atoms with van der Waals surface area (Å²) < 4.78 is 0. The molecule has 4 heteroatoms. The number of hydrogen-bond donors (Lipinski definition) is 0. The third-order valence-electron chi connectivity index (χ3n) is 4.51. The molecule has 1 unspecified atom stereocenters. The van der Waals surface area contributed by atoms with Gasteiger partial charge in [-0.25, -0.2) is 0 Å². The Hall–Kier alpha value is -1.00. The predicted molar refractivity (Wildman–Crippen MR) is 83.1 cm³/mol. The summed E-state index contributed by atoms with van der Waals surface area (Å²) in [5.41, 5.74) is 1.33. The minimum Gasteiger partial charge on any atom is -0.342 e. The highest BCUT2D eigenvalue weighted by atomic mass is 32.2. The smallest absolute Gasteiger partial charge is 0.236 e. The van der Waals surface area contributed by atoms with Gasteiger partial charge >= 0.3 is 0 Å². The quantitative estimate of drug-likeness (QED) is 0.835. The molecule has 3 nitrogen and oxygen atoms in total. The monoisotopic (exact) mass is 290 g/mol. The first-order chi connectivity index (χ1) is 9.65. The Morgan fingerprint density at radius 1 is 1.30 bits per heavy atom. The number of nitrogens with zero attached hydrogens (tertiary/aromatic N) is 2. The molecule has 20 heavy (non-hydrogen) atoms. The van der Waals surface area contributed by atoms with Crippen LogP contribution in [0.15, 0.2) is 29.2 Å². The van der Waals surface area contributed by atoms with Gasteiger partial charge in [-0.1, -0.05) is 18.2 Å². The SMILES string of the molecule is CN1CCC(N(C)C(=O)C2Cc3ccccc3S2)CC1. The summed E-state index contributed by atoms with van der Waals surface area (Å²) in [5.74, 6) is 0.306. The highest BCUT2D eigenvalue weighted by molar-refractivity contribution is 8.01. The van der Waals surface area contributed by atoms with E-state index in [4.69, 9.17) is 0 Å². The zero-order valence-electron chi connectivity index (χ0n) is 12.2. The van der Waals surface area contributed by atoms with E-state index < -0.39 is 0 Å². The van der Waals surface area contributed by atoms with Crippen LogP contribution in [0.25, 0.3) is 0 Å². The highest BCUT2D eigenvalue weighted by Gasteiger charge is 2.33. The van der Waals surface area contributed by atoms with Crippen molar-refractivity contribution in [2.45, 2.75) is 35.4 Å². The highest BCUT2D eigenvalue weighted by Crippen LogP contribution is 2.37. The Kier molecular flexibility index (Phi) is 4.03. The number of benzene rings is 1. The Morgan fingerprint density at radius 3 is 2.70 bits per heavy atom. The molecule has 0 saturated carbocycles. The van der Waals surface area contributed by atoms with E-state index in [1.54, 1.807) is 11.8 Å². The average molecular weight is 290 g/mol. The number of likely N-dealkylation sites (tertiary alicyclic amines) is 1. The largest absolute Gasteiger partial charge is 0.342 e. The Labute approximate surface area is 125 Å². The van der Waals surface area contributed by atoms with Crippen molar-refractivity contribution >= 4 is 17.7 Å². The van der Waals surface area contributed by atoms with E-state index in [1.165, 1.54) is 10.5 Å². The maximum atomic E-state index is 12.7. The van der Waals surface area contributed by atoms with E-state index >= 15 is 0 Å². The van der Waals surface area contributed by atoms with Gasteiger partial charge in [0.05, 0.1) is 5.25 Å². The Balaban J connectivity index is 1.63. The molecule has 0 spiro atoms. The number of amides is 1. The molecule has 1 amide bonds. The molecular weight excluding hydrogens is 268 g/mol. The van der Waals surface area contributed by atoms with Crippen molar-refractivity contribution in [1.29, 1.82) is 0 Å². The summed E-state index contributed by atoms with van der Waals surface area (Å²) in [6, 6.07) is 8.81. The molecule has 0 aromatic heterocycles. The molecule has 1 aromatic rings. The van der Waals surface area contributed by atoms with E-state index in [-0.39, 0.29) is 5.25 Å². The van der Waals surface area contributed by atoms with E-state index in [1.807, 2.05) is 11.9 Å². The lowest BCUT2D eigenvalue weighted by Crippen LogP contribution is -2.47.